The number of rotatable bonds is 10. The number of nitrogens with two attached hydrogens (primary N) is 2. The fourth-order valence-corrected chi connectivity index (χ4v) is 3.59. The predicted octanol–water partition coefficient (Wildman–Crippen LogP) is 2.23. The van der Waals surface area contributed by atoms with Crippen LogP contribution in [0.3, 0.4) is 0 Å². The molecule has 4 aromatic rings. The Morgan fingerprint density at radius 1 is 0.784 bits per heavy atom. The maximum atomic E-state index is 5.88. The van der Waals surface area contributed by atoms with Gasteiger partial charge < -0.3 is 30.9 Å². The second kappa shape index (κ2) is 12.1. The van der Waals surface area contributed by atoms with Gasteiger partial charge in [-0.1, -0.05) is 0 Å². The molecule has 0 bridgehead atoms. The van der Waals surface area contributed by atoms with Gasteiger partial charge >= 0.3 is 0 Å². The van der Waals surface area contributed by atoms with E-state index in [2.05, 4.69) is 41.0 Å². The van der Waals surface area contributed by atoms with Crippen molar-refractivity contribution in [3.8, 4) is 11.5 Å². The first-order valence-electron chi connectivity index (χ1n) is 11.6. The SMILES string of the molecule is COc1ccc2[nH]cc(/C=N\NC(N)=NCCCN=C(N)N/N=C\c3c[nH]c4ccc(OC)cc34)c2c1. The first kappa shape index (κ1) is 25.1. The molecule has 12 heteroatoms. The fraction of sp³-hybridized carbons (Fsp3) is 0.200. The first-order valence-corrected chi connectivity index (χ1v) is 11.6. The molecule has 0 saturated carbocycles. The molecule has 12 nitrogen and oxygen atoms in total. The molecule has 2 heterocycles. The summed E-state index contributed by atoms with van der Waals surface area (Å²) < 4.78 is 10.6. The third kappa shape index (κ3) is 6.57. The Hall–Kier alpha value is -5.00. The van der Waals surface area contributed by atoms with E-state index in [0.29, 0.717) is 19.5 Å². The summed E-state index contributed by atoms with van der Waals surface area (Å²) in [5, 5.41) is 10.3. The minimum atomic E-state index is 0.212. The van der Waals surface area contributed by atoms with Gasteiger partial charge in [-0.2, -0.15) is 10.2 Å². The second-order valence-electron chi connectivity index (χ2n) is 7.94. The third-order valence-electron chi connectivity index (χ3n) is 5.49. The highest BCUT2D eigenvalue weighted by molar-refractivity contribution is 6.00. The van der Waals surface area contributed by atoms with Crippen molar-refractivity contribution in [3.63, 3.8) is 0 Å². The van der Waals surface area contributed by atoms with Crippen molar-refractivity contribution in [3.05, 3.63) is 59.9 Å². The molecule has 37 heavy (non-hydrogen) atoms. The van der Waals surface area contributed by atoms with Gasteiger partial charge in [0.05, 0.1) is 26.6 Å². The van der Waals surface area contributed by atoms with Crippen LogP contribution in [0.1, 0.15) is 17.5 Å². The van der Waals surface area contributed by atoms with Crippen molar-refractivity contribution in [1.82, 2.24) is 20.8 Å². The van der Waals surface area contributed by atoms with Gasteiger partial charge in [0.15, 0.2) is 0 Å². The normalized spacial score (nSPS) is 12.7. The van der Waals surface area contributed by atoms with E-state index in [1.807, 2.05) is 48.8 Å². The lowest BCUT2D eigenvalue weighted by Gasteiger charge is -2.01. The number of nitrogens with zero attached hydrogens (tertiary/aromatic N) is 4. The fourth-order valence-electron chi connectivity index (χ4n) is 3.59. The highest BCUT2D eigenvalue weighted by Gasteiger charge is 2.04. The van der Waals surface area contributed by atoms with Gasteiger partial charge in [-0.15, -0.1) is 0 Å². The zero-order valence-corrected chi connectivity index (χ0v) is 20.7. The van der Waals surface area contributed by atoms with E-state index in [4.69, 9.17) is 20.9 Å². The Balaban J connectivity index is 1.20. The van der Waals surface area contributed by atoms with E-state index >= 15 is 0 Å². The van der Waals surface area contributed by atoms with Crippen molar-refractivity contribution < 1.29 is 9.47 Å². The number of fused-ring (bicyclic) bond motifs is 2. The molecule has 0 radical (unpaired) electrons. The molecule has 0 atom stereocenters. The van der Waals surface area contributed by atoms with Gasteiger partial charge in [0.1, 0.15) is 11.5 Å². The summed E-state index contributed by atoms with van der Waals surface area (Å²) in [4.78, 5) is 14.8. The quantitative estimate of drug-likeness (QED) is 0.0838. The smallest absolute Gasteiger partial charge is 0.209 e. The van der Waals surface area contributed by atoms with Gasteiger partial charge in [0, 0.05) is 58.4 Å². The molecule has 0 unspecified atom stereocenters. The number of benzene rings is 2. The van der Waals surface area contributed by atoms with Gasteiger partial charge in [-0.3, -0.25) is 9.98 Å². The van der Waals surface area contributed by atoms with Crippen LogP contribution in [0.25, 0.3) is 21.8 Å². The lowest BCUT2D eigenvalue weighted by molar-refractivity contribution is 0.415. The van der Waals surface area contributed by atoms with Crippen LogP contribution in [0.15, 0.2) is 69.0 Å². The highest BCUT2D eigenvalue weighted by atomic mass is 16.5. The number of aromatic nitrogens is 2. The predicted molar refractivity (Wildman–Crippen MR) is 149 cm³/mol. The summed E-state index contributed by atoms with van der Waals surface area (Å²) in [6.07, 6.45) is 7.72. The molecule has 2 aromatic carbocycles. The summed E-state index contributed by atoms with van der Waals surface area (Å²) in [6.45, 7) is 0.936. The molecule has 2 aromatic heterocycles. The zero-order chi connectivity index (χ0) is 26.0. The third-order valence-corrected chi connectivity index (χ3v) is 5.49. The molecule has 0 fully saturated rings. The van der Waals surface area contributed by atoms with Crippen molar-refractivity contribution in [2.24, 2.45) is 31.7 Å². The van der Waals surface area contributed by atoms with E-state index in [0.717, 1.165) is 44.4 Å². The van der Waals surface area contributed by atoms with Crippen LogP contribution in [-0.2, 0) is 0 Å². The second-order valence-corrected chi connectivity index (χ2v) is 7.94. The van der Waals surface area contributed by atoms with E-state index in [1.165, 1.54) is 0 Å². The number of ether oxygens (including phenoxy) is 2. The summed E-state index contributed by atoms with van der Waals surface area (Å²) in [6, 6.07) is 11.6. The molecule has 0 aliphatic heterocycles. The van der Waals surface area contributed by atoms with Crippen LogP contribution < -0.4 is 31.8 Å². The molecule has 0 spiro atoms. The number of methoxy groups -OCH3 is 2. The molecule has 4 rings (SSSR count). The van der Waals surface area contributed by atoms with Gasteiger partial charge in [-0.25, -0.2) is 10.9 Å². The van der Waals surface area contributed by atoms with Crippen molar-refractivity contribution >= 4 is 46.2 Å². The number of hydrogen-bond donors (Lipinski definition) is 6. The minimum Gasteiger partial charge on any atom is -0.497 e. The maximum absolute atomic E-state index is 5.88. The Morgan fingerprint density at radius 2 is 1.24 bits per heavy atom. The molecule has 0 amide bonds. The summed E-state index contributed by atoms with van der Waals surface area (Å²) in [5.74, 6) is 1.97. The number of guanidine groups is 2. The summed E-state index contributed by atoms with van der Waals surface area (Å²) >= 11 is 0. The molecule has 0 aliphatic rings. The number of aliphatic imine (C=N–C) groups is 2. The molecular formula is C25H30N10O2. The van der Waals surface area contributed by atoms with Crippen LogP contribution in [0.4, 0.5) is 0 Å². The average molecular weight is 503 g/mol. The van der Waals surface area contributed by atoms with Crippen molar-refractivity contribution in [1.29, 1.82) is 0 Å². The molecule has 0 aliphatic carbocycles. The first-order chi connectivity index (χ1) is 18.1. The van der Waals surface area contributed by atoms with Crippen molar-refractivity contribution in [2.45, 2.75) is 6.42 Å². The molecular weight excluding hydrogens is 472 g/mol. The topological polar surface area (TPSA) is 176 Å². The van der Waals surface area contributed by atoms with Crippen LogP contribution in [-0.4, -0.2) is 61.6 Å². The van der Waals surface area contributed by atoms with Gasteiger partial charge in [0.2, 0.25) is 11.9 Å². The minimum absolute atomic E-state index is 0.212. The van der Waals surface area contributed by atoms with Crippen LogP contribution in [0, 0.1) is 0 Å². The summed E-state index contributed by atoms with van der Waals surface area (Å²) in [7, 11) is 3.27. The Kier molecular flexibility index (Phi) is 8.22. The van der Waals surface area contributed by atoms with E-state index < -0.39 is 0 Å². The molecule has 192 valence electrons. The van der Waals surface area contributed by atoms with Crippen molar-refractivity contribution in [2.75, 3.05) is 27.3 Å². The lowest BCUT2D eigenvalue weighted by atomic mass is 10.2. The van der Waals surface area contributed by atoms with Crippen LogP contribution in [0.5, 0.6) is 11.5 Å². The Bertz CT molecular complexity index is 1350. The number of H-pyrrole nitrogens is 2. The van der Waals surface area contributed by atoms with E-state index in [1.54, 1.807) is 26.6 Å². The maximum Gasteiger partial charge on any atom is 0.209 e. The average Bonchev–Trinajstić information content (AvgIpc) is 3.51. The Morgan fingerprint density at radius 3 is 1.68 bits per heavy atom. The number of hydrazone groups is 2. The monoisotopic (exact) mass is 502 g/mol. The van der Waals surface area contributed by atoms with Crippen LogP contribution in [0.2, 0.25) is 0 Å². The Labute approximate surface area is 213 Å². The molecule has 0 saturated heterocycles. The zero-order valence-electron chi connectivity index (χ0n) is 20.7. The summed E-state index contributed by atoms with van der Waals surface area (Å²) in [5.41, 5.74) is 21.0. The highest BCUT2D eigenvalue weighted by Crippen LogP contribution is 2.23. The van der Waals surface area contributed by atoms with Gasteiger partial charge in [-0.05, 0) is 42.8 Å². The molecule has 8 N–H and O–H groups in total. The van der Waals surface area contributed by atoms with E-state index in [9.17, 15) is 0 Å². The number of aromatic amines is 2. The lowest BCUT2D eigenvalue weighted by Crippen LogP contribution is -2.28. The van der Waals surface area contributed by atoms with E-state index in [-0.39, 0.29) is 11.9 Å². The largest absolute Gasteiger partial charge is 0.497 e. The number of nitrogens with one attached hydrogen (secondary N) is 4. The van der Waals surface area contributed by atoms with Gasteiger partial charge in [0.25, 0.3) is 0 Å². The number of hydrogen-bond acceptors (Lipinski definition) is 6. The standard InChI is InChI=1S/C25H30N10O2/c1-36-18-4-6-22-20(10-18)16(12-30-22)14-32-34-24(26)28-8-3-9-29-25(27)35-33-15-17-13-31-23-7-5-19(37-2)11-21(17)23/h4-7,10-15,30-31H,3,8-9H2,1-2H3,(H3,26,28,34)(H3,27,29,35)/b32-14-,33-15-. The van der Waals surface area contributed by atoms with Crippen LogP contribution >= 0.6 is 0 Å².